The van der Waals surface area contributed by atoms with Crippen molar-refractivity contribution in [1.29, 1.82) is 0 Å². The van der Waals surface area contributed by atoms with E-state index in [1.54, 1.807) is 24.1 Å². The van der Waals surface area contributed by atoms with Crippen LogP contribution in [0.1, 0.15) is 36.7 Å². The number of aryl methyl sites for hydroxylation is 1. The van der Waals surface area contributed by atoms with Gasteiger partial charge >= 0.3 is 0 Å². The van der Waals surface area contributed by atoms with Crippen molar-refractivity contribution in [2.75, 3.05) is 20.2 Å². The highest BCUT2D eigenvalue weighted by molar-refractivity contribution is 6.04. The minimum absolute atomic E-state index is 0.150. The first kappa shape index (κ1) is 20.6. The second kappa shape index (κ2) is 9.87. The van der Waals surface area contributed by atoms with E-state index in [0.29, 0.717) is 36.2 Å². The van der Waals surface area contributed by atoms with Crippen LogP contribution in [0.25, 0.3) is 10.8 Å². The highest BCUT2D eigenvalue weighted by Crippen LogP contribution is 2.15. The number of amides is 1. The number of ether oxygens (including phenoxy) is 1. The number of benzene rings is 2. The molecule has 3 rings (SSSR count). The van der Waals surface area contributed by atoms with Crippen LogP contribution >= 0.6 is 0 Å². The summed E-state index contributed by atoms with van der Waals surface area (Å²) < 4.78 is 7.12. The zero-order valence-corrected chi connectivity index (χ0v) is 17.0. The summed E-state index contributed by atoms with van der Waals surface area (Å²) in [6, 6.07) is 16.7. The van der Waals surface area contributed by atoms with Gasteiger partial charge in [-0.3, -0.25) is 9.59 Å². The summed E-state index contributed by atoms with van der Waals surface area (Å²) in [5.41, 5.74) is 0.155. The summed E-state index contributed by atoms with van der Waals surface area (Å²) in [5.74, 6) is 0.545. The molecule has 0 saturated heterocycles. The van der Waals surface area contributed by atoms with E-state index in [4.69, 9.17) is 4.74 Å². The van der Waals surface area contributed by atoms with Crippen LogP contribution in [0.15, 0.2) is 59.4 Å². The van der Waals surface area contributed by atoms with Gasteiger partial charge in [0.15, 0.2) is 5.69 Å². The van der Waals surface area contributed by atoms with Crippen LogP contribution in [0.4, 0.5) is 0 Å². The van der Waals surface area contributed by atoms with Gasteiger partial charge < -0.3 is 9.64 Å². The fourth-order valence-electron chi connectivity index (χ4n) is 3.16. The lowest BCUT2D eigenvalue weighted by molar-refractivity contribution is 0.0767. The van der Waals surface area contributed by atoms with Gasteiger partial charge in [-0.1, -0.05) is 56.2 Å². The molecule has 29 heavy (non-hydrogen) atoms. The van der Waals surface area contributed by atoms with Gasteiger partial charge in [0.2, 0.25) is 0 Å². The number of para-hydroxylation sites is 1. The summed E-state index contributed by atoms with van der Waals surface area (Å²) in [7, 11) is 1.72. The van der Waals surface area contributed by atoms with Gasteiger partial charge in [0, 0.05) is 19.0 Å². The molecular weight excluding hydrogens is 366 g/mol. The van der Waals surface area contributed by atoms with Crippen molar-refractivity contribution in [3.8, 4) is 5.75 Å². The number of unbranched alkanes of at least 4 members (excludes halogenated alkanes) is 2. The van der Waals surface area contributed by atoms with Crippen LogP contribution in [-0.2, 0) is 6.54 Å². The average molecular weight is 393 g/mol. The molecule has 0 saturated carbocycles. The van der Waals surface area contributed by atoms with Gasteiger partial charge in [-0.2, -0.15) is 5.10 Å². The molecule has 0 spiro atoms. The number of likely N-dealkylation sites (N-methyl/N-ethyl adjacent to an activating group) is 1. The second-order valence-electron chi connectivity index (χ2n) is 7.02. The first-order chi connectivity index (χ1) is 14.1. The Morgan fingerprint density at radius 3 is 2.45 bits per heavy atom. The van der Waals surface area contributed by atoms with Gasteiger partial charge in [0.25, 0.3) is 11.5 Å². The van der Waals surface area contributed by atoms with Crippen molar-refractivity contribution in [2.45, 2.75) is 32.7 Å². The average Bonchev–Trinajstić information content (AvgIpc) is 2.76. The fourth-order valence-corrected chi connectivity index (χ4v) is 3.16. The number of carbonyl (C=O) groups is 1. The van der Waals surface area contributed by atoms with E-state index in [1.807, 2.05) is 42.5 Å². The third kappa shape index (κ3) is 5.02. The van der Waals surface area contributed by atoms with E-state index < -0.39 is 0 Å². The van der Waals surface area contributed by atoms with Crippen LogP contribution in [-0.4, -0.2) is 40.8 Å². The standard InChI is InChI=1S/C23H27N3O3/c1-3-4-10-15-26-22(27)20-14-9-8-13-19(20)21(24-26)23(28)25(2)16-17-29-18-11-6-5-7-12-18/h5-9,11-14H,3-4,10,15-17H2,1-2H3. The zero-order valence-electron chi connectivity index (χ0n) is 17.0. The highest BCUT2D eigenvalue weighted by atomic mass is 16.5. The van der Waals surface area contributed by atoms with Crippen molar-refractivity contribution >= 4 is 16.7 Å². The molecule has 152 valence electrons. The van der Waals surface area contributed by atoms with Crippen molar-refractivity contribution in [1.82, 2.24) is 14.7 Å². The van der Waals surface area contributed by atoms with E-state index in [9.17, 15) is 9.59 Å². The number of carbonyl (C=O) groups excluding carboxylic acids is 1. The van der Waals surface area contributed by atoms with E-state index in [1.165, 1.54) is 4.68 Å². The molecule has 0 bridgehead atoms. The molecular formula is C23H27N3O3. The lowest BCUT2D eigenvalue weighted by Crippen LogP contribution is -2.34. The van der Waals surface area contributed by atoms with Crippen LogP contribution in [0.3, 0.4) is 0 Å². The smallest absolute Gasteiger partial charge is 0.274 e. The maximum atomic E-state index is 13.1. The number of hydrogen-bond donors (Lipinski definition) is 0. The number of hydrogen-bond acceptors (Lipinski definition) is 4. The number of aromatic nitrogens is 2. The predicted octanol–water partition coefficient (Wildman–Crippen LogP) is 3.74. The minimum Gasteiger partial charge on any atom is -0.492 e. The normalized spacial score (nSPS) is 10.8. The van der Waals surface area contributed by atoms with E-state index in [-0.39, 0.29) is 11.5 Å². The van der Waals surface area contributed by atoms with Crippen molar-refractivity contribution < 1.29 is 9.53 Å². The molecule has 6 heteroatoms. The minimum atomic E-state index is -0.220. The summed E-state index contributed by atoms with van der Waals surface area (Å²) in [6.45, 7) is 3.41. The van der Waals surface area contributed by atoms with Crippen molar-refractivity contribution in [3.63, 3.8) is 0 Å². The summed E-state index contributed by atoms with van der Waals surface area (Å²) in [5, 5.41) is 5.54. The van der Waals surface area contributed by atoms with Gasteiger partial charge in [-0.25, -0.2) is 4.68 Å². The molecule has 6 nitrogen and oxygen atoms in total. The summed E-state index contributed by atoms with van der Waals surface area (Å²) in [4.78, 5) is 27.4. The number of rotatable bonds is 9. The molecule has 1 aromatic heterocycles. The third-order valence-electron chi connectivity index (χ3n) is 4.83. The van der Waals surface area contributed by atoms with Gasteiger partial charge in [0.05, 0.1) is 11.9 Å². The first-order valence-electron chi connectivity index (χ1n) is 10.0. The Bertz CT molecular complexity index is 1010. The molecule has 2 aromatic carbocycles. The van der Waals surface area contributed by atoms with Crippen LogP contribution in [0.5, 0.6) is 5.75 Å². The van der Waals surface area contributed by atoms with Gasteiger partial charge in [0.1, 0.15) is 12.4 Å². The zero-order chi connectivity index (χ0) is 20.6. The van der Waals surface area contributed by atoms with Crippen molar-refractivity contribution in [3.05, 3.63) is 70.6 Å². The van der Waals surface area contributed by atoms with E-state index >= 15 is 0 Å². The van der Waals surface area contributed by atoms with Crippen LogP contribution in [0.2, 0.25) is 0 Å². The molecule has 0 atom stereocenters. The lowest BCUT2D eigenvalue weighted by Gasteiger charge is -2.19. The Morgan fingerprint density at radius 1 is 1.03 bits per heavy atom. The number of fused-ring (bicyclic) bond motifs is 1. The Hall–Kier alpha value is -3.15. The van der Waals surface area contributed by atoms with Gasteiger partial charge in [-0.15, -0.1) is 0 Å². The topological polar surface area (TPSA) is 64.4 Å². The molecule has 0 aliphatic heterocycles. The largest absolute Gasteiger partial charge is 0.492 e. The molecule has 0 aliphatic carbocycles. The molecule has 1 heterocycles. The second-order valence-corrected chi connectivity index (χ2v) is 7.02. The van der Waals surface area contributed by atoms with Crippen molar-refractivity contribution in [2.24, 2.45) is 0 Å². The van der Waals surface area contributed by atoms with Gasteiger partial charge in [-0.05, 0) is 24.6 Å². The third-order valence-corrected chi connectivity index (χ3v) is 4.83. The lowest BCUT2D eigenvalue weighted by atomic mass is 10.1. The molecule has 3 aromatic rings. The Morgan fingerprint density at radius 2 is 1.72 bits per heavy atom. The summed E-state index contributed by atoms with van der Waals surface area (Å²) >= 11 is 0. The Labute approximate surface area is 170 Å². The molecule has 0 N–H and O–H groups in total. The number of nitrogens with zero attached hydrogens (tertiary/aromatic N) is 3. The van der Waals surface area contributed by atoms with Crippen LogP contribution < -0.4 is 10.3 Å². The maximum absolute atomic E-state index is 13.1. The molecule has 0 unspecified atom stereocenters. The maximum Gasteiger partial charge on any atom is 0.274 e. The first-order valence-corrected chi connectivity index (χ1v) is 10.0. The fraction of sp³-hybridized carbons (Fsp3) is 0.348. The molecule has 1 amide bonds. The SMILES string of the molecule is CCCCCn1nc(C(=O)N(C)CCOc2ccccc2)c2ccccc2c1=O. The highest BCUT2D eigenvalue weighted by Gasteiger charge is 2.19. The van der Waals surface area contributed by atoms with Crippen LogP contribution in [0, 0.1) is 0 Å². The monoisotopic (exact) mass is 393 g/mol. The quantitative estimate of drug-likeness (QED) is 0.520. The predicted molar refractivity (Wildman–Crippen MR) is 114 cm³/mol. The molecule has 0 radical (unpaired) electrons. The van der Waals surface area contributed by atoms with E-state index in [0.717, 1.165) is 25.0 Å². The Kier molecular flexibility index (Phi) is 7.00. The van der Waals surface area contributed by atoms with E-state index in [2.05, 4.69) is 12.0 Å². The molecule has 0 aliphatic rings. The summed E-state index contributed by atoms with van der Waals surface area (Å²) in [6.07, 6.45) is 2.93. The Balaban J connectivity index is 1.80. The molecule has 0 fully saturated rings.